The molecule has 0 atom stereocenters. The molecule has 17 heavy (non-hydrogen) atoms. The molecule has 0 aliphatic carbocycles. The van der Waals surface area contributed by atoms with Crippen molar-refractivity contribution in [2.45, 2.75) is 18.4 Å². The Hall–Kier alpha value is -0.00766. The second kappa shape index (κ2) is 12.4. The van der Waals surface area contributed by atoms with Gasteiger partial charge in [-0.3, -0.25) is 0 Å². The maximum Gasteiger partial charge on any atom is 3.00 e. The first-order valence-electron chi connectivity index (χ1n) is 3.11. The van der Waals surface area contributed by atoms with E-state index in [0.29, 0.717) is 0 Å². The van der Waals surface area contributed by atoms with E-state index in [1.165, 1.54) is 0 Å². The second-order valence-electron chi connectivity index (χ2n) is 2.42. The van der Waals surface area contributed by atoms with Crippen molar-refractivity contribution < 1.29 is 88.4 Å². The number of aliphatic carboxylic acids is 3. The fraction of sp³-hybridized carbons (Fsp3) is 0.500. The average Bonchev–Trinajstić information content (AvgIpc) is 1.82. The van der Waals surface area contributed by atoms with Crippen LogP contribution >= 0.6 is 0 Å². The van der Waals surface area contributed by atoms with Crippen LogP contribution in [0.1, 0.15) is 12.8 Å². The molecule has 0 bridgehead atoms. The van der Waals surface area contributed by atoms with Crippen LogP contribution < -0.4 is 21.5 Å². The Balaban J connectivity index is -0.000000120. The largest absolute Gasteiger partial charge is 3.00 e. The third-order valence-corrected chi connectivity index (χ3v) is 1.25. The Morgan fingerprint density at radius 2 is 1.24 bits per heavy atom. The van der Waals surface area contributed by atoms with Crippen LogP contribution in [-0.4, -0.2) is 28.6 Å². The van der Waals surface area contributed by atoms with Gasteiger partial charge in [0.2, 0.25) is 0 Å². The minimum Gasteiger partial charge on any atom is -0.550 e. The van der Waals surface area contributed by atoms with Crippen LogP contribution in [0.25, 0.3) is 0 Å². The van der Waals surface area contributed by atoms with Crippen LogP contribution in [0.2, 0.25) is 0 Å². The van der Waals surface area contributed by atoms with Gasteiger partial charge in [0.25, 0.3) is 0 Å². The van der Waals surface area contributed by atoms with Crippen LogP contribution in [0, 0.1) is 0 Å². The minimum absolute atomic E-state index is 0. The first-order chi connectivity index (χ1) is 5.78. The number of rotatable bonds is 5. The molecule has 0 aliphatic heterocycles. The molecule has 0 amide bonds. The van der Waals surface area contributed by atoms with Crippen molar-refractivity contribution >= 4 is 17.9 Å². The summed E-state index contributed by atoms with van der Waals surface area (Å²) in [4.78, 5) is 30.0. The molecule has 0 saturated heterocycles. The van der Waals surface area contributed by atoms with E-state index in [4.69, 9.17) is 5.11 Å². The zero-order valence-electron chi connectivity index (χ0n) is 8.75. The Morgan fingerprint density at radius 1 is 1.00 bits per heavy atom. The molecular weight excluding hydrogens is 374 g/mol. The van der Waals surface area contributed by atoms with Crippen LogP contribution in [0.5, 0.6) is 0 Å². The van der Waals surface area contributed by atoms with Gasteiger partial charge in [-0.05, 0) is 0 Å². The molecule has 0 aliphatic rings. The molecule has 0 fully saturated rings. The summed E-state index contributed by atoms with van der Waals surface area (Å²) in [5.41, 5.74) is -2.97. The molecule has 0 heterocycles. The quantitative estimate of drug-likeness (QED) is 0.447. The van der Waals surface area contributed by atoms with Gasteiger partial charge in [0.15, 0.2) is 0 Å². The van der Waals surface area contributed by atoms with E-state index in [-0.39, 0.29) is 59.8 Å². The van der Waals surface area contributed by atoms with Crippen LogP contribution in [0.3, 0.4) is 0 Å². The Bertz CT molecular complexity index is 249. The fourth-order valence-corrected chi connectivity index (χ4v) is 0.684. The van der Waals surface area contributed by atoms with Crippen molar-refractivity contribution in [3.8, 4) is 0 Å². The molecule has 5 N–H and O–H groups in total. The molecular formula is C6H9FeMnNO7Zn+5. The van der Waals surface area contributed by atoms with E-state index < -0.39 is 36.4 Å². The van der Waals surface area contributed by atoms with Gasteiger partial charge in [0, 0.05) is 24.8 Å². The van der Waals surface area contributed by atoms with Gasteiger partial charge in [0.05, 0.1) is 5.97 Å². The van der Waals surface area contributed by atoms with Crippen molar-refractivity contribution in [3.05, 3.63) is 0 Å². The van der Waals surface area contributed by atoms with Gasteiger partial charge in [0.1, 0.15) is 5.60 Å². The van der Waals surface area contributed by atoms with Crippen LogP contribution in [-0.2, 0) is 68.0 Å². The standard InChI is InChI=1S/C6H8O7.Fe.Mn.H3N.Zn/c7-3(8)1-6(13,5(11)12)2-4(9)10;;;;/h13H,1-2H2,(H,7,8)(H,9,10)(H,11,12);;;1H3;/q;+3;+2;;+2/p-2. The first kappa shape index (κ1) is 30.2. The van der Waals surface area contributed by atoms with Gasteiger partial charge >= 0.3 is 53.6 Å². The topological polar surface area (TPSA) is 177 Å². The molecule has 0 saturated carbocycles. The molecule has 11 heteroatoms. The summed E-state index contributed by atoms with van der Waals surface area (Å²) in [5.74, 6) is -5.98. The number of carbonyl (C=O) groups excluding carboxylic acids is 3. The zero-order chi connectivity index (χ0) is 10.6. The SMILES string of the molecule is O=C([O-])CC(O)(CC(=O)[O-])C(=O)[O-].[Fe+3].[Mn+2].[NH4+].[Zn+2]. The Morgan fingerprint density at radius 3 is 1.35 bits per heavy atom. The summed E-state index contributed by atoms with van der Waals surface area (Å²) < 4.78 is 0. The zero-order valence-corrected chi connectivity index (χ0v) is 14.0. The fourth-order valence-electron chi connectivity index (χ4n) is 0.684. The van der Waals surface area contributed by atoms with Crippen molar-refractivity contribution in [1.82, 2.24) is 6.15 Å². The van der Waals surface area contributed by atoms with Crippen molar-refractivity contribution in [2.24, 2.45) is 0 Å². The molecule has 0 unspecified atom stereocenters. The van der Waals surface area contributed by atoms with E-state index in [2.05, 4.69) is 0 Å². The van der Waals surface area contributed by atoms with Crippen molar-refractivity contribution in [3.63, 3.8) is 0 Å². The van der Waals surface area contributed by atoms with Crippen molar-refractivity contribution in [1.29, 1.82) is 0 Å². The van der Waals surface area contributed by atoms with Crippen LogP contribution in [0.4, 0.5) is 0 Å². The average molecular weight is 383 g/mol. The second-order valence-corrected chi connectivity index (χ2v) is 2.42. The maximum absolute atomic E-state index is 10.1. The molecule has 0 rings (SSSR count). The monoisotopic (exact) mass is 382 g/mol. The van der Waals surface area contributed by atoms with Crippen LogP contribution in [0.15, 0.2) is 0 Å². The molecule has 0 aromatic carbocycles. The summed E-state index contributed by atoms with van der Waals surface area (Å²) in [6.45, 7) is 0. The van der Waals surface area contributed by atoms with Gasteiger partial charge in [-0.2, -0.15) is 0 Å². The molecule has 8 nitrogen and oxygen atoms in total. The van der Waals surface area contributed by atoms with Gasteiger partial charge < -0.3 is 41.0 Å². The number of hydrogen-bond donors (Lipinski definition) is 2. The van der Waals surface area contributed by atoms with Gasteiger partial charge in [-0.1, -0.05) is 0 Å². The number of hydrogen-bond acceptors (Lipinski definition) is 7. The minimum atomic E-state index is -2.97. The van der Waals surface area contributed by atoms with E-state index in [1.807, 2.05) is 0 Å². The third-order valence-electron chi connectivity index (χ3n) is 1.25. The van der Waals surface area contributed by atoms with Crippen molar-refractivity contribution in [2.75, 3.05) is 0 Å². The Labute approximate surface area is 130 Å². The smallest absolute Gasteiger partial charge is 0.550 e. The number of carbonyl (C=O) groups is 3. The number of aliphatic hydroxyl groups is 1. The maximum atomic E-state index is 10.1. The number of quaternary nitrogens is 1. The normalized spacial score (nSPS) is 8.29. The summed E-state index contributed by atoms with van der Waals surface area (Å²) in [7, 11) is 0. The molecule has 92 valence electrons. The summed E-state index contributed by atoms with van der Waals surface area (Å²) in [6, 6.07) is 0. The first-order valence-corrected chi connectivity index (χ1v) is 3.11. The predicted molar refractivity (Wildman–Crippen MR) is 35.2 cm³/mol. The number of carboxylic acids is 3. The molecule has 0 aromatic heterocycles. The van der Waals surface area contributed by atoms with E-state index in [0.717, 1.165) is 0 Å². The predicted octanol–water partition coefficient (Wildman–Crippen LogP) is -4.88. The van der Waals surface area contributed by atoms with E-state index in [9.17, 15) is 29.7 Å². The molecule has 0 spiro atoms. The van der Waals surface area contributed by atoms with E-state index >= 15 is 0 Å². The van der Waals surface area contributed by atoms with Gasteiger partial charge in [-0.25, -0.2) is 0 Å². The summed E-state index contributed by atoms with van der Waals surface area (Å²) in [6.07, 6.45) is -2.72. The number of carboxylic acid groups (broad SMARTS) is 3. The summed E-state index contributed by atoms with van der Waals surface area (Å²) >= 11 is 0. The van der Waals surface area contributed by atoms with E-state index in [1.54, 1.807) is 0 Å². The molecule has 2 radical (unpaired) electrons. The third kappa shape index (κ3) is 12.2. The Kier molecular flexibility index (Phi) is 22.1. The van der Waals surface area contributed by atoms with Gasteiger partial charge in [-0.15, -0.1) is 0 Å². The molecule has 0 aromatic rings. The summed E-state index contributed by atoms with van der Waals surface area (Å²) in [5, 5.41) is 38.9.